The first kappa shape index (κ1) is 12.7. The van der Waals surface area contributed by atoms with Crippen molar-refractivity contribution in [3.63, 3.8) is 0 Å². The molecular weight excluding hydrogens is 288 g/mol. The van der Waals surface area contributed by atoms with Crippen LogP contribution in [0, 0.1) is 24.2 Å². The summed E-state index contributed by atoms with van der Waals surface area (Å²) in [7, 11) is 0. The summed E-state index contributed by atoms with van der Waals surface area (Å²) in [5, 5.41) is 5.76. The highest BCUT2D eigenvalue weighted by molar-refractivity contribution is 9.09. The number of aryl methyl sites for hydroxylation is 2. The van der Waals surface area contributed by atoms with Gasteiger partial charge in [-0.05, 0) is 62.8 Å². The molecule has 3 atom stereocenters. The van der Waals surface area contributed by atoms with E-state index < -0.39 is 0 Å². The Balaban J connectivity index is 1.86. The van der Waals surface area contributed by atoms with Gasteiger partial charge in [0.2, 0.25) is 0 Å². The fourth-order valence-electron chi connectivity index (χ4n) is 4.36. The summed E-state index contributed by atoms with van der Waals surface area (Å²) in [5.41, 5.74) is 3.13. The molecule has 0 radical (unpaired) electrons. The first-order valence-electron chi connectivity index (χ1n) is 7.26. The van der Waals surface area contributed by atoms with E-state index in [9.17, 15) is 0 Å². The molecule has 18 heavy (non-hydrogen) atoms. The number of alkyl halides is 1. The maximum absolute atomic E-state index is 4.60. The van der Waals surface area contributed by atoms with E-state index in [0.717, 1.165) is 23.7 Å². The van der Waals surface area contributed by atoms with Gasteiger partial charge in [-0.2, -0.15) is 5.10 Å². The van der Waals surface area contributed by atoms with Crippen molar-refractivity contribution >= 4 is 15.9 Å². The van der Waals surface area contributed by atoms with Gasteiger partial charge in [0.25, 0.3) is 0 Å². The van der Waals surface area contributed by atoms with Gasteiger partial charge in [-0.25, -0.2) is 0 Å². The molecule has 3 heteroatoms. The normalized spacial score (nSPS) is 34.4. The third-order valence-electron chi connectivity index (χ3n) is 5.19. The maximum atomic E-state index is 4.60. The zero-order chi connectivity index (χ0) is 12.8. The minimum absolute atomic E-state index is 0.516. The van der Waals surface area contributed by atoms with Crippen LogP contribution >= 0.6 is 15.9 Å². The zero-order valence-corrected chi connectivity index (χ0v) is 13.0. The summed E-state index contributed by atoms with van der Waals surface area (Å²) < 4.78 is 2.20. The minimum atomic E-state index is 0.516. The lowest BCUT2D eigenvalue weighted by molar-refractivity contribution is 0.192. The Labute approximate surface area is 118 Å². The fraction of sp³-hybridized carbons (Fsp3) is 0.800. The lowest BCUT2D eigenvalue weighted by Gasteiger charge is -2.36. The molecule has 0 saturated heterocycles. The van der Waals surface area contributed by atoms with Gasteiger partial charge in [0.1, 0.15) is 0 Å². The Morgan fingerprint density at radius 3 is 2.89 bits per heavy atom. The molecule has 3 rings (SSSR count). The number of fused-ring (bicyclic) bond motifs is 2. The Bertz CT molecular complexity index is 440. The highest BCUT2D eigenvalue weighted by atomic mass is 79.9. The zero-order valence-electron chi connectivity index (χ0n) is 11.5. The Morgan fingerprint density at radius 2 is 2.33 bits per heavy atom. The highest BCUT2D eigenvalue weighted by Crippen LogP contribution is 2.58. The van der Waals surface area contributed by atoms with E-state index in [0.29, 0.717) is 5.41 Å². The molecule has 1 aromatic rings. The van der Waals surface area contributed by atoms with E-state index in [1.165, 1.54) is 43.5 Å². The number of hydrogen-bond acceptors (Lipinski definition) is 1. The van der Waals surface area contributed by atoms with Gasteiger partial charge in [0.15, 0.2) is 0 Å². The van der Waals surface area contributed by atoms with Crippen LogP contribution in [0.15, 0.2) is 6.07 Å². The Kier molecular flexibility index (Phi) is 3.29. The molecule has 1 aromatic heterocycles. The summed E-state index contributed by atoms with van der Waals surface area (Å²) in [4.78, 5) is 0. The SMILES string of the molecule is CCn1nc(C)cc1CC1(CBr)CC2CCC1C2. The molecule has 0 spiro atoms. The molecule has 2 fully saturated rings. The summed E-state index contributed by atoms with van der Waals surface area (Å²) in [6.45, 7) is 5.30. The van der Waals surface area contributed by atoms with E-state index >= 15 is 0 Å². The maximum Gasteiger partial charge on any atom is 0.0596 e. The standard InChI is InChI=1S/C15H23BrN2/c1-3-18-14(6-11(2)17-18)9-15(10-16)8-12-4-5-13(15)7-12/h6,12-13H,3-5,7-10H2,1-2H3. The van der Waals surface area contributed by atoms with Gasteiger partial charge in [0, 0.05) is 17.6 Å². The van der Waals surface area contributed by atoms with Crippen molar-refractivity contribution in [1.82, 2.24) is 9.78 Å². The van der Waals surface area contributed by atoms with Crippen LogP contribution in [0.1, 0.15) is 44.0 Å². The quantitative estimate of drug-likeness (QED) is 0.770. The number of aromatic nitrogens is 2. The second-order valence-electron chi connectivity index (χ2n) is 6.35. The summed E-state index contributed by atoms with van der Waals surface area (Å²) >= 11 is 3.82. The average molecular weight is 311 g/mol. The van der Waals surface area contributed by atoms with Gasteiger partial charge in [0.05, 0.1) is 5.69 Å². The first-order chi connectivity index (χ1) is 8.66. The van der Waals surface area contributed by atoms with E-state index in [4.69, 9.17) is 0 Å². The van der Waals surface area contributed by atoms with Crippen LogP contribution in [0.3, 0.4) is 0 Å². The van der Waals surface area contributed by atoms with Crippen LogP contribution < -0.4 is 0 Å². The van der Waals surface area contributed by atoms with Crippen LogP contribution in [0.25, 0.3) is 0 Å². The van der Waals surface area contributed by atoms with Gasteiger partial charge in [-0.15, -0.1) is 0 Å². The predicted molar refractivity (Wildman–Crippen MR) is 78.0 cm³/mol. The average Bonchev–Trinajstić information content (AvgIpc) is 3.03. The van der Waals surface area contributed by atoms with Crippen LogP contribution in [0.5, 0.6) is 0 Å². The fourth-order valence-corrected chi connectivity index (χ4v) is 5.25. The molecule has 2 aliphatic rings. The molecule has 0 aromatic carbocycles. The lowest BCUT2D eigenvalue weighted by atomic mass is 9.71. The van der Waals surface area contributed by atoms with Crippen molar-refractivity contribution in [2.45, 2.75) is 52.5 Å². The topological polar surface area (TPSA) is 17.8 Å². The number of rotatable bonds is 4. The van der Waals surface area contributed by atoms with Gasteiger partial charge < -0.3 is 0 Å². The molecule has 0 amide bonds. The second-order valence-corrected chi connectivity index (χ2v) is 6.91. The Morgan fingerprint density at radius 1 is 1.50 bits per heavy atom. The molecule has 2 aliphatic carbocycles. The molecule has 3 unspecified atom stereocenters. The molecular formula is C15H23BrN2. The van der Waals surface area contributed by atoms with Crippen molar-refractivity contribution in [3.8, 4) is 0 Å². The lowest BCUT2D eigenvalue weighted by Crippen LogP contribution is -2.32. The molecule has 2 saturated carbocycles. The molecule has 1 heterocycles. The summed E-state index contributed by atoms with van der Waals surface area (Å²) in [6, 6.07) is 2.29. The van der Waals surface area contributed by atoms with E-state index in [-0.39, 0.29) is 0 Å². The van der Waals surface area contributed by atoms with Gasteiger partial charge in [-0.3, -0.25) is 4.68 Å². The molecule has 2 bridgehead atoms. The Hall–Kier alpha value is -0.310. The summed E-state index contributed by atoms with van der Waals surface area (Å²) in [6.07, 6.45) is 7.05. The molecule has 100 valence electrons. The van der Waals surface area contributed by atoms with E-state index in [2.05, 4.69) is 45.6 Å². The van der Waals surface area contributed by atoms with Crippen LogP contribution in [-0.4, -0.2) is 15.1 Å². The van der Waals surface area contributed by atoms with Crippen molar-refractivity contribution in [2.24, 2.45) is 17.3 Å². The monoisotopic (exact) mass is 310 g/mol. The van der Waals surface area contributed by atoms with Crippen LogP contribution in [-0.2, 0) is 13.0 Å². The number of nitrogens with zero attached hydrogens (tertiary/aromatic N) is 2. The third-order valence-corrected chi connectivity index (χ3v) is 6.30. The van der Waals surface area contributed by atoms with Gasteiger partial charge >= 0.3 is 0 Å². The first-order valence-corrected chi connectivity index (χ1v) is 8.38. The molecule has 0 N–H and O–H groups in total. The van der Waals surface area contributed by atoms with Crippen molar-refractivity contribution in [3.05, 3.63) is 17.5 Å². The third kappa shape index (κ3) is 1.95. The van der Waals surface area contributed by atoms with E-state index in [1.54, 1.807) is 0 Å². The van der Waals surface area contributed by atoms with Crippen molar-refractivity contribution in [2.75, 3.05) is 5.33 Å². The highest BCUT2D eigenvalue weighted by Gasteiger charge is 2.50. The van der Waals surface area contributed by atoms with Crippen molar-refractivity contribution < 1.29 is 0 Å². The molecule has 2 nitrogen and oxygen atoms in total. The number of hydrogen-bond donors (Lipinski definition) is 0. The van der Waals surface area contributed by atoms with Crippen molar-refractivity contribution in [1.29, 1.82) is 0 Å². The predicted octanol–water partition coefficient (Wildman–Crippen LogP) is 3.96. The minimum Gasteiger partial charge on any atom is -0.270 e. The van der Waals surface area contributed by atoms with Gasteiger partial charge in [-0.1, -0.05) is 22.4 Å². The smallest absolute Gasteiger partial charge is 0.0596 e. The van der Waals surface area contributed by atoms with E-state index in [1.807, 2.05) is 0 Å². The number of halogens is 1. The second kappa shape index (κ2) is 4.66. The van der Waals surface area contributed by atoms with Crippen LogP contribution in [0.2, 0.25) is 0 Å². The van der Waals surface area contributed by atoms with Crippen LogP contribution in [0.4, 0.5) is 0 Å². The largest absolute Gasteiger partial charge is 0.270 e. The molecule has 0 aliphatic heterocycles. The summed E-state index contributed by atoms with van der Waals surface area (Å²) in [5.74, 6) is 1.95.